The van der Waals surface area contributed by atoms with Crippen LogP contribution < -0.4 is 14.4 Å². The number of hydrogen-bond acceptors (Lipinski definition) is 4. The lowest BCUT2D eigenvalue weighted by molar-refractivity contribution is -0.116. The highest BCUT2D eigenvalue weighted by atomic mass is 32.2. The van der Waals surface area contributed by atoms with Gasteiger partial charge >= 0.3 is 0 Å². The number of hydrogen-bond donors (Lipinski definition) is 1. The van der Waals surface area contributed by atoms with Crippen molar-refractivity contribution in [3.05, 3.63) is 54.1 Å². The van der Waals surface area contributed by atoms with Crippen LogP contribution in [0.4, 0.5) is 11.4 Å². The summed E-state index contributed by atoms with van der Waals surface area (Å²) in [5, 5.41) is 2.81. The lowest BCUT2D eigenvalue weighted by Gasteiger charge is -2.23. The van der Waals surface area contributed by atoms with E-state index in [1.807, 2.05) is 13.0 Å². The molecule has 1 saturated carbocycles. The topological polar surface area (TPSA) is 75.7 Å². The Kier molecular flexibility index (Phi) is 3.73. The van der Waals surface area contributed by atoms with Crippen LogP contribution in [0.5, 0.6) is 5.75 Å². The highest BCUT2D eigenvalue weighted by Crippen LogP contribution is 2.58. The molecule has 0 unspecified atom stereocenters. The van der Waals surface area contributed by atoms with Gasteiger partial charge in [0.05, 0.1) is 12.8 Å². The Bertz CT molecular complexity index is 974. The number of fused-ring (bicyclic) bond motifs is 1. The van der Waals surface area contributed by atoms with Crippen molar-refractivity contribution in [1.29, 1.82) is 0 Å². The van der Waals surface area contributed by atoms with Gasteiger partial charge in [-0.1, -0.05) is 18.2 Å². The fraction of sp³-hybridized carbons (Fsp3) is 0.316. The molecule has 0 bridgehead atoms. The Hall–Kier alpha value is -2.54. The number of nitrogens with zero attached hydrogens (tertiary/aromatic N) is 1. The minimum atomic E-state index is -3.75. The summed E-state index contributed by atoms with van der Waals surface area (Å²) in [6.45, 7) is 2.20. The lowest BCUT2D eigenvalue weighted by Crippen LogP contribution is -2.42. The minimum Gasteiger partial charge on any atom is -0.497 e. The van der Waals surface area contributed by atoms with Crippen molar-refractivity contribution in [1.82, 2.24) is 0 Å². The van der Waals surface area contributed by atoms with Gasteiger partial charge < -0.3 is 10.1 Å². The highest BCUT2D eigenvalue weighted by Gasteiger charge is 2.75. The van der Waals surface area contributed by atoms with E-state index < -0.39 is 20.7 Å². The molecule has 2 atom stereocenters. The largest absolute Gasteiger partial charge is 0.497 e. The predicted octanol–water partition coefficient (Wildman–Crippen LogP) is 2.55. The molecule has 1 amide bonds. The second kappa shape index (κ2) is 5.74. The van der Waals surface area contributed by atoms with E-state index in [0.29, 0.717) is 30.1 Å². The van der Waals surface area contributed by atoms with Crippen LogP contribution in [0.15, 0.2) is 48.5 Å². The molecule has 0 aromatic heterocycles. The van der Waals surface area contributed by atoms with E-state index in [2.05, 4.69) is 5.32 Å². The molecule has 0 radical (unpaired) electrons. The summed E-state index contributed by atoms with van der Waals surface area (Å²) in [4.78, 5) is 12.9. The van der Waals surface area contributed by atoms with Crippen LogP contribution in [0.25, 0.3) is 0 Å². The molecule has 4 rings (SSSR count). The zero-order valence-electron chi connectivity index (χ0n) is 14.6. The average Bonchev–Trinajstić information content (AvgIpc) is 3.33. The molecular weight excluding hydrogens is 352 g/mol. The van der Waals surface area contributed by atoms with Gasteiger partial charge in [0.25, 0.3) is 0 Å². The minimum absolute atomic E-state index is 0.175. The maximum atomic E-state index is 13.1. The van der Waals surface area contributed by atoms with Gasteiger partial charge in [0.1, 0.15) is 5.75 Å². The number of carbonyl (C=O) groups excluding carboxylic acids is 1. The van der Waals surface area contributed by atoms with Crippen molar-refractivity contribution in [3.8, 4) is 5.75 Å². The summed E-state index contributed by atoms with van der Waals surface area (Å²) in [5.74, 6) is 0.0622. The fourth-order valence-corrected chi connectivity index (χ4v) is 6.06. The van der Waals surface area contributed by atoms with Crippen LogP contribution in [0, 0.1) is 12.8 Å². The van der Waals surface area contributed by atoms with E-state index in [0.717, 1.165) is 5.56 Å². The first-order valence-corrected chi connectivity index (χ1v) is 9.87. The summed E-state index contributed by atoms with van der Waals surface area (Å²) < 4.78 is 31.4. The van der Waals surface area contributed by atoms with Crippen LogP contribution in [0.2, 0.25) is 0 Å². The highest BCUT2D eigenvalue weighted by molar-refractivity contribution is 7.95. The van der Waals surface area contributed by atoms with Gasteiger partial charge in [-0.15, -0.1) is 0 Å². The molecule has 2 fully saturated rings. The van der Waals surface area contributed by atoms with E-state index in [1.54, 1.807) is 49.6 Å². The first-order chi connectivity index (χ1) is 12.4. The molecule has 26 heavy (non-hydrogen) atoms. The normalized spacial score (nSPS) is 25.5. The van der Waals surface area contributed by atoms with Crippen LogP contribution in [0.1, 0.15) is 12.0 Å². The van der Waals surface area contributed by atoms with Crippen molar-refractivity contribution in [2.45, 2.75) is 18.1 Å². The fourth-order valence-electron chi connectivity index (χ4n) is 3.70. The Morgan fingerprint density at radius 2 is 1.96 bits per heavy atom. The van der Waals surface area contributed by atoms with Crippen LogP contribution in [-0.2, 0) is 14.8 Å². The Morgan fingerprint density at radius 1 is 1.23 bits per heavy atom. The van der Waals surface area contributed by atoms with Gasteiger partial charge in [-0.3, -0.25) is 9.10 Å². The van der Waals surface area contributed by atoms with Gasteiger partial charge in [0.15, 0.2) is 4.75 Å². The van der Waals surface area contributed by atoms with Crippen LogP contribution >= 0.6 is 0 Å². The number of sulfonamides is 1. The molecule has 2 aliphatic rings. The standard InChI is InChI=1S/C19H20N2O4S/c1-13-10-16(25-2)8-9-17(13)20-18(22)19-11-14(19)12-21(26(19,23)24)15-6-4-3-5-7-15/h3-10,14H,11-12H2,1-2H3,(H,20,22)/t14-,19+/m0/s1. The number of anilines is 2. The zero-order valence-corrected chi connectivity index (χ0v) is 15.4. The molecule has 1 N–H and O–H groups in total. The van der Waals surface area contributed by atoms with Gasteiger partial charge in [0, 0.05) is 18.2 Å². The molecule has 0 spiro atoms. The number of amides is 1. The monoisotopic (exact) mass is 372 g/mol. The van der Waals surface area contributed by atoms with E-state index in [1.165, 1.54) is 4.31 Å². The smallest absolute Gasteiger partial charge is 0.250 e. The molecular formula is C19H20N2O4S. The second-order valence-electron chi connectivity index (χ2n) is 6.80. The quantitative estimate of drug-likeness (QED) is 0.895. The number of para-hydroxylation sites is 1. The SMILES string of the molecule is COc1ccc(NC(=O)[C@@]23C[C@H]2CN(c2ccccc2)S3(=O)=O)c(C)c1. The first-order valence-electron chi connectivity index (χ1n) is 8.43. The molecule has 1 aliphatic heterocycles. The van der Waals surface area contributed by atoms with Gasteiger partial charge in [0.2, 0.25) is 15.9 Å². The number of rotatable bonds is 4. The first kappa shape index (κ1) is 16.9. The van der Waals surface area contributed by atoms with Crippen molar-refractivity contribution in [2.75, 3.05) is 23.3 Å². The number of benzene rings is 2. The third-order valence-corrected chi connectivity index (χ3v) is 7.84. The molecule has 7 heteroatoms. The number of aryl methyl sites for hydroxylation is 1. The molecule has 2 aromatic rings. The number of methoxy groups -OCH3 is 1. The van der Waals surface area contributed by atoms with E-state index in [9.17, 15) is 13.2 Å². The Balaban J connectivity index is 1.61. The summed E-state index contributed by atoms with van der Waals surface area (Å²) in [7, 11) is -2.18. The summed E-state index contributed by atoms with van der Waals surface area (Å²) in [5.41, 5.74) is 2.03. The third kappa shape index (κ3) is 2.30. The lowest BCUT2D eigenvalue weighted by atomic mass is 10.1. The van der Waals surface area contributed by atoms with Crippen molar-refractivity contribution < 1.29 is 17.9 Å². The van der Waals surface area contributed by atoms with Crippen LogP contribution in [-0.4, -0.2) is 32.7 Å². The Morgan fingerprint density at radius 3 is 2.62 bits per heavy atom. The van der Waals surface area contributed by atoms with Gasteiger partial charge in [-0.25, -0.2) is 8.42 Å². The van der Waals surface area contributed by atoms with E-state index in [-0.39, 0.29) is 5.92 Å². The molecule has 1 aliphatic carbocycles. The second-order valence-corrected chi connectivity index (χ2v) is 8.92. The maximum Gasteiger partial charge on any atom is 0.250 e. The molecule has 1 saturated heterocycles. The maximum absolute atomic E-state index is 13.1. The third-order valence-electron chi connectivity index (χ3n) is 5.30. The number of carbonyl (C=O) groups is 1. The average molecular weight is 372 g/mol. The van der Waals surface area contributed by atoms with Crippen molar-refractivity contribution in [3.63, 3.8) is 0 Å². The molecule has 136 valence electrons. The molecule has 1 heterocycles. The van der Waals surface area contributed by atoms with Crippen molar-refractivity contribution in [2.24, 2.45) is 5.92 Å². The number of nitrogens with one attached hydrogen (secondary N) is 1. The summed E-state index contributed by atoms with van der Waals surface area (Å²) in [6, 6.07) is 14.2. The predicted molar refractivity (Wildman–Crippen MR) is 99.9 cm³/mol. The Labute approximate surface area is 152 Å². The summed E-state index contributed by atoms with van der Waals surface area (Å²) in [6.07, 6.45) is 0.375. The number of ether oxygens (including phenoxy) is 1. The zero-order chi connectivity index (χ0) is 18.5. The van der Waals surface area contributed by atoms with Crippen LogP contribution in [0.3, 0.4) is 0 Å². The van der Waals surface area contributed by atoms with Crippen molar-refractivity contribution >= 4 is 27.3 Å². The van der Waals surface area contributed by atoms with E-state index >= 15 is 0 Å². The van der Waals surface area contributed by atoms with Gasteiger partial charge in [-0.2, -0.15) is 0 Å². The molecule has 6 nitrogen and oxygen atoms in total. The van der Waals surface area contributed by atoms with Gasteiger partial charge in [-0.05, 0) is 49.2 Å². The molecule has 2 aromatic carbocycles. The summed E-state index contributed by atoms with van der Waals surface area (Å²) >= 11 is 0. The van der Waals surface area contributed by atoms with E-state index in [4.69, 9.17) is 4.74 Å².